The molecule has 0 aliphatic heterocycles. The number of halogens is 3. The Morgan fingerprint density at radius 3 is 1.50 bits per heavy atom. The molecule has 4 nitrogen and oxygen atoms in total. The molecular weight excluding hydrogens is 295 g/mol. The van der Waals surface area contributed by atoms with Crippen molar-refractivity contribution in [1.29, 1.82) is 5.26 Å². The van der Waals surface area contributed by atoms with Crippen LogP contribution in [0.5, 0.6) is 0 Å². The topological polar surface area (TPSA) is 81.0 Å². The van der Waals surface area contributed by atoms with Crippen LogP contribution in [0.3, 0.4) is 0 Å². The molecule has 76 valence electrons. The van der Waals surface area contributed by atoms with Crippen LogP contribution in [-0.2, 0) is 32.5 Å². The minimum absolute atomic E-state index is 0. The molecule has 0 fully saturated rings. The van der Waals surface area contributed by atoms with E-state index in [9.17, 15) is 13.2 Å². The number of hydrogen-bond donors (Lipinski definition) is 0. The van der Waals surface area contributed by atoms with Crippen molar-refractivity contribution < 1.29 is 48.5 Å². The van der Waals surface area contributed by atoms with Crippen LogP contribution >= 0.6 is 0 Å². The van der Waals surface area contributed by atoms with Crippen molar-refractivity contribution in [2.24, 2.45) is 0 Å². The Hall–Kier alpha value is -0.0697. The average molecular weight is 298 g/mol. The maximum Gasteiger partial charge on any atom is 1.00 e. The van der Waals surface area contributed by atoms with E-state index in [2.05, 4.69) is 0 Å². The number of alkyl halides is 3. The van der Waals surface area contributed by atoms with Crippen molar-refractivity contribution in [3.8, 4) is 6.07 Å². The van der Waals surface area contributed by atoms with Gasteiger partial charge >= 0.3 is 27.9 Å². The van der Waals surface area contributed by atoms with Gasteiger partial charge in [0.2, 0.25) is 0 Å². The third-order valence-electron chi connectivity index (χ3n) is 0.283. The minimum Gasteiger partial charge on any atom is -0.741 e. The van der Waals surface area contributed by atoms with Gasteiger partial charge in [0.25, 0.3) is 0 Å². The number of nitriles is 1. The Morgan fingerprint density at radius 1 is 1.42 bits per heavy atom. The van der Waals surface area contributed by atoms with Gasteiger partial charge in [-0.3, -0.25) is 0 Å². The van der Waals surface area contributed by atoms with Gasteiger partial charge < -0.3 is 4.55 Å². The summed E-state index contributed by atoms with van der Waals surface area (Å²) in [6.07, 6.45) is 0. The van der Waals surface area contributed by atoms with Crippen LogP contribution in [-0.4, -0.2) is 18.5 Å². The fraction of sp³-hybridized carbons (Fsp3) is 0.667. The molecule has 0 radical (unpaired) electrons. The third-order valence-corrected chi connectivity index (χ3v) is 0.850. The molecule has 0 aromatic rings. The van der Waals surface area contributed by atoms with Crippen LogP contribution in [0.4, 0.5) is 13.2 Å². The molecule has 0 aromatic carbocycles. The summed E-state index contributed by atoms with van der Waals surface area (Å²) in [6.45, 7) is 1.43. The van der Waals surface area contributed by atoms with Crippen LogP contribution < -0.4 is 0 Å². The Kier molecular flexibility index (Phi) is 9.60. The van der Waals surface area contributed by atoms with Gasteiger partial charge in [-0.2, -0.15) is 18.4 Å². The van der Waals surface area contributed by atoms with Gasteiger partial charge in [0.05, 0.1) is 6.07 Å². The minimum atomic E-state index is -6.09. The van der Waals surface area contributed by atoms with E-state index in [0.29, 0.717) is 0 Å². The fourth-order valence-electron chi connectivity index (χ4n) is 0. The second-order valence-corrected chi connectivity index (χ2v) is 2.49. The number of hydrogen-bond acceptors (Lipinski definition) is 4. The summed E-state index contributed by atoms with van der Waals surface area (Å²) in [4.78, 5) is 0. The van der Waals surface area contributed by atoms with E-state index in [0.717, 1.165) is 0 Å². The van der Waals surface area contributed by atoms with Gasteiger partial charge in [0.1, 0.15) is 0 Å². The molecule has 0 bridgehead atoms. The summed E-state index contributed by atoms with van der Waals surface area (Å²) < 4.78 is 58.9. The summed E-state index contributed by atoms with van der Waals surface area (Å²) in [5, 5.41) is 7.32. The van der Waals surface area contributed by atoms with E-state index in [4.69, 9.17) is 18.2 Å². The Balaban J connectivity index is -0.000000177. The van der Waals surface area contributed by atoms with Crippen LogP contribution in [0.15, 0.2) is 0 Å². The van der Waals surface area contributed by atoms with Gasteiger partial charge in [-0.1, -0.05) is 0 Å². The normalized spacial score (nSPS) is 10.0. The molecule has 0 amide bonds. The molecule has 0 atom stereocenters. The first kappa shape index (κ1) is 17.9. The van der Waals surface area contributed by atoms with Crippen LogP contribution in [0.2, 0.25) is 0 Å². The van der Waals surface area contributed by atoms with E-state index in [-0.39, 0.29) is 22.4 Å². The SMILES string of the molecule is CC#N.O=S(=O)([O-])C(F)(F)F.[Ag+]. The maximum absolute atomic E-state index is 10.7. The van der Waals surface area contributed by atoms with Gasteiger partial charge in [-0.25, -0.2) is 8.42 Å². The van der Waals surface area contributed by atoms with Crippen molar-refractivity contribution >= 4 is 10.1 Å². The molecule has 12 heavy (non-hydrogen) atoms. The standard InChI is InChI=1S/C2H3N.CHF3O3S.Ag/c1-2-3;2-1(3,4)8(5,6)7;/h1H3;(H,5,6,7);/q;;+1/p-1. The maximum atomic E-state index is 10.7. The van der Waals surface area contributed by atoms with Gasteiger partial charge in [0, 0.05) is 6.92 Å². The van der Waals surface area contributed by atoms with Gasteiger partial charge in [-0.05, 0) is 0 Å². The first-order chi connectivity index (χ1) is 4.66. The summed E-state index contributed by atoms with van der Waals surface area (Å²) in [5.74, 6) is 0. The zero-order valence-corrected chi connectivity index (χ0v) is 7.81. The fourth-order valence-corrected chi connectivity index (χ4v) is 0. The molecule has 0 aliphatic carbocycles. The first-order valence-corrected chi connectivity index (χ1v) is 3.40. The largest absolute Gasteiger partial charge is 1.00 e. The molecule has 0 saturated heterocycles. The van der Waals surface area contributed by atoms with Crippen LogP contribution in [0.1, 0.15) is 6.92 Å². The molecule has 0 aromatic heterocycles. The first-order valence-electron chi connectivity index (χ1n) is 1.99. The predicted molar refractivity (Wildman–Crippen MR) is 27.0 cm³/mol. The Bertz CT molecular complexity index is 240. The molecule has 0 aliphatic rings. The summed E-state index contributed by atoms with van der Waals surface area (Å²) >= 11 is 0. The van der Waals surface area contributed by atoms with E-state index >= 15 is 0 Å². The molecule has 0 unspecified atom stereocenters. The van der Waals surface area contributed by atoms with Crippen LogP contribution in [0, 0.1) is 11.3 Å². The van der Waals surface area contributed by atoms with Crippen LogP contribution in [0.25, 0.3) is 0 Å². The summed E-state index contributed by atoms with van der Waals surface area (Å²) in [7, 11) is -6.09. The molecular formula is C3H3AgF3NO3S. The zero-order chi connectivity index (χ0) is 9.71. The zero-order valence-electron chi connectivity index (χ0n) is 5.52. The van der Waals surface area contributed by atoms with E-state index in [1.807, 2.05) is 0 Å². The monoisotopic (exact) mass is 297 g/mol. The van der Waals surface area contributed by atoms with Crippen molar-refractivity contribution in [3.63, 3.8) is 0 Å². The second kappa shape index (κ2) is 6.45. The third kappa shape index (κ3) is 9.93. The summed E-state index contributed by atoms with van der Waals surface area (Å²) in [5.41, 5.74) is -5.65. The van der Waals surface area contributed by atoms with E-state index in [1.54, 1.807) is 6.07 Å². The molecule has 0 saturated carbocycles. The predicted octanol–water partition coefficient (Wildman–Crippen LogP) is 0.579. The number of rotatable bonds is 0. The quantitative estimate of drug-likeness (QED) is 0.372. The molecule has 0 spiro atoms. The number of nitrogens with zero attached hydrogens (tertiary/aromatic N) is 1. The van der Waals surface area contributed by atoms with E-state index in [1.165, 1.54) is 6.92 Å². The van der Waals surface area contributed by atoms with Crippen molar-refractivity contribution in [3.05, 3.63) is 0 Å². The van der Waals surface area contributed by atoms with Gasteiger partial charge in [0.15, 0.2) is 10.1 Å². The summed E-state index contributed by atoms with van der Waals surface area (Å²) in [6, 6.07) is 1.75. The second-order valence-electron chi connectivity index (χ2n) is 1.12. The molecule has 0 N–H and O–H groups in total. The molecule has 0 heterocycles. The Morgan fingerprint density at radius 2 is 1.50 bits per heavy atom. The molecule has 9 heteroatoms. The van der Waals surface area contributed by atoms with Gasteiger partial charge in [-0.15, -0.1) is 0 Å². The Labute approximate surface area is 82.6 Å². The smallest absolute Gasteiger partial charge is 0.741 e. The average Bonchev–Trinajstić information content (AvgIpc) is 1.60. The van der Waals surface area contributed by atoms with Crippen molar-refractivity contribution in [2.75, 3.05) is 0 Å². The van der Waals surface area contributed by atoms with Crippen molar-refractivity contribution in [1.82, 2.24) is 0 Å². The van der Waals surface area contributed by atoms with E-state index < -0.39 is 15.6 Å². The molecule has 0 rings (SSSR count). The van der Waals surface area contributed by atoms with Crippen molar-refractivity contribution in [2.45, 2.75) is 12.4 Å².